The minimum Gasteiger partial charge on any atom is -0.461 e. The highest BCUT2D eigenvalue weighted by molar-refractivity contribution is 7.98. The van der Waals surface area contributed by atoms with Crippen LogP contribution < -0.4 is 11.2 Å². The first kappa shape index (κ1) is 22.9. The number of unbranched alkanes of at least 4 members (excludes halogenated alkanes) is 1. The van der Waals surface area contributed by atoms with E-state index >= 15 is 0 Å². The number of imidazole rings is 1. The van der Waals surface area contributed by atoms with Gasteiger partial charge in [0.15, 0.2) is 22.1 Å². The first-order valence-electron chi connectivity index (χ1n) is 11.5. The number of benzene rings is 1. The molecule has 11 heteroatoms. The molecule has 0 fully saturated rings. The Morgan fingerprint density at radius 1 is 1.03 bits per heavy atom. The van der Waals surface area contributed by atoms with Gasteiger partial charge in [-0.15, -0.1) is 10.2 Å². The zero-order chi connectivity index (χ0) is 24.4. The summed E-state index contributed by atoms with van der Waals surface area (Å²) >= 11 is 1.46. The van der Waals surface area contributed by atoms with E-state index in [1.54, 1.807) is 10.8 Å². The van der Waals surface area contributed by atoms with Crippen molar-refractivity contribution < 1.29 is 4.42 Å². The van der Waals surface area contributed by atoms with E-state index in [0.717, 1.165) is 18.5 Å². The summed E-state index contributed by atoms with van der Waals surface area (Å²) in [7, 11) is 0. The van der Waals surface area contributed by atoms with Crippen molar-refractivity contribution in [2.75, 3.05) is 0 Å². The fourth-order valence-corrected chi connectivity index (χ4v) is 4.96. The van der Waals surface area contributed by atoms with E-state index in [4.69, 9.17) is 9.40 Å². The van der Waals surface area contributed by atoms with Crippen LogP contribution in [0.4, 0.5) is 0 Å². The van der Waals surface area contributed by atoms with Crippen molar-refractivity contribution in [2.24, 2.45) is 0 Å². The Balaban J connectivity index is 1.56. The molecule has 1 N–H and O–H groups in total. The molecule has 5 aromatic rings. The van der Waals surface area contributed by atoms with E-state index in [1.807, 2.05) is 58.5 Å². The lowest BCUT2D eigenvalue weighted by atomic mass is 10.3. The van der Waals surface area contributed by atoms with Crippen LogP contribution in [0.3, 0.4) is 0 Å². The average molecular weight is 492 g/mol. The van der Waals surface area contributed by atoms with Gasteiger partial charge in [-0.1, -0.05) is 43.3 Å². The van der Waals surface area contributed by atoms with Crippen molar-refractivity contribution in [2.45, 2.75) is 50.7 Å². The summed E-state index contributed by atoms with van der Waals surface area (Å²) in [5.41, 5.74) is 0.893. The molecule has 35 heavy (non-hydrogen) atoms. The minimum absolute atomic E-state index is 0.416. The second-order valence-corrected chi connectivity index (χ2v) is 8.89. The van der Waals surface area contributed by atoms with Crippen molar-refractivity contribution in [1.82, 2.24) is 33.9 Å². The van der Waals surface area contributed by atoms with Crippen molar-refractivity contribution in [1.29, 1.82) is 0 Å². The highest BCUT2D eigenvalue weighted by atomic mass is 32.2. The Kier molecular flexibility index (Phi) is 6.41. The Morgan fingerprint density at radius 2 is 1.86 bits per heavy atom. The molecule has 0 radical (unpaired) electrons. The molecule has 0 bridgehead atoms. The van der Waals surface area contributed by atoms with Crippen LogP contribution in [0.2, 0.25) is 0 Å². The van der Waals surface area contributed by atoms with Gasteiger partial charge in [-0.3, -0.25) is 18.9 Å². The molecule has 0 saturated heterocycles. The molecule has 0 saturated carbocycles. The lowest BCUT2D eigenvalue weighted by molar-refractivity contribution is 0.575. The van der Waals surface area contributed by atoms with Gasteiger partial charge in [-0.2, -0.15) is 0 Å². The predicted octanol–water partition coefficient (Wildman–Crippen LogP) is 3.84. The van der Waals surface area contributed by atoms with Crippen molar-refractivity contribution >= 4 is 22.9 Å². The first-order chi connectivity index (χ1) is 17.1. The van der Waals surface area contributed by atoms with Crippen LogP contribution in [-0.4, -0.2) is 33.9 Å². The third-order valence-electron chi connectivity index (χ3n) is 5.74. The summed E-state index contributed by atoms with van der Waals surface area (Å²) in [6.07, 6.45) is 3.35. The van der Waals surface area contributed by atoms with Crippen LogP contribution in [0.5, 0.6) is 0 Å². The number of fused-ring (bicyclic) bond motifs is 1. The largest absolute Gasteiger partial charge is 0.461 e. The maximum Gasteiger partial charge on any atom is 0.330 e. The number of hydrogen-bond donors (Lipinski definition) is 1. The second-order valence-electron chi connectivity index (χ2n) is 7.95. The SMILES string of the molecule is CCCCn1c(=O)[nH]c(=O)c2c1nc(CSc1nnc(-c3ccco3)n1-c1ccccc1)n2CC. The Labute approximate surface area is 204 Å². The Morgan fingerprint density at radius 3 is 2.57 bits per heavy atom. The summed E-state index contributed by atoms with van der Waals surface area (Å²) in [5, 5.41) is 9.46. The van der Waals surface area contributed by atoms with Crippen LogP contribution in [0.15, 0.2) is 67.9 Å². The molecule has 0 aliphatic rings. The average Bonchev–Trinajstić information content (AvgIpc) is 3.61. The number of thioether (sulfide) groups is 1. The van der Waals surface area contributed by atoms with E-state index in [2.05, 4.69) is 22.1 Å². The molecular weight excluding hydrogens is 466 g/mol. The number of hydrogen-bond acceptors (Lipinski definition) is 7. The van der Waals surface area contributed by atoms with E-state index < -0.39 is 11.2 Å². The number of aryl methyl sites for hydroxylation is 2. The smallest absolute Gasteiger partial charge is 0.330 e. The fourth-order valence-electron chi connectivity index (χ4n) is 4.06. The minimum atomic E-state index is -0.428. The maximum absolute atomic E-state index is 12.7. The number of aromatic amines is 1. The van der Waals surface area contributed by atoms with Crippen LogP contribution in [0.1, 0.15) is 32.5 Å². The van der Waals surface area contributed by atoms with Gasteiger partial charge in [-0.25, -0.2) is 9.78 Å². The molecule has 180 valence electrons. The zero-order valence-corrected chi connectivity index (χ0v) is 20.3. The summed E-state index contributed by atoms with van der Waals surface area (Å²) in [4.78, 5) is 32.4. The van der Waals surface area contributed by atoms with Gasteiger partial charge in [0.05, 0.1) is 12.0 Å². The molecule has 0 amide bonds. The van der Waals surface area contributed by atoms with Gasteiger partial charge in [0.2, 0.25) is 5.82 Å². The highest BCUT2D eigenvalue weighted by Gasteiger charge is 2.21. The maximum atomic E-state index is 12.7. The lowest BCUT2D eigenvalue weighted by Gasteiger charge is -2.09. The molecule has 0 spiro atoms. The van der Waals surface area contributed by atoms with Gasteiger partial charge in [0, 0.05) is 18.8 Å². The van der Waals surface area contributed by atoms with Crippen LogP contribution in [0.25, 0.3) is 28.4 Å². The first-order valence-corrected chi connectivity index (χ1v) is 12.5. The van der Waals surface area contributed by atoms with Crippen molar-refractivity contribution in [3.05, 3.63) is 75.4 Å². The number of para-hydroxylation sites is 1. The number of nitrogens with one attached hydrogen (secondary N) is 1. The third kappa shape index (κ3) is 4.23. The molecule has 0 atom stereocenters. The van der Waals surface area contributed by atoms with Crippen molar-refractivity contribution in [3.63, 3.8) is 0 Å². The van der Waals surface area contributed by atoms with Crippen LogP contribution in [-0.2, 0) is 18.8 Å². The molecule has 0 unspecified atom stereocenters. The molecule has 10 nitrogen and oxygen atoms in total. The standard InChI is InChI=1S/C24H25N7O3S/c1-3-5-13-30-21-19(22(32)26-23(30)33)29(4-2)18(25-21)15-35-24-28-27-20(17-12-9-14-34-17)31(24)16-10-7-6-8-11-16/h6-12,14H,3-5,13,15H2,1-2H3,(H,26,32,33). The molecular formula is C24H25N7O3S. The lowest BCUT2D eigenvalue weighted by Crippen LogP contribution is -2.31. The van der Waals surface area contributed by atoms with Gasteiger partial charge in [-0.05, 0) is 37.6 Å². The van der Waals surface area contributed by atoms with E-state index in [-0.39, 0.29) is 0 Å². The third-order valence-corrected chi connectivity index (χ3v) is 6.66. The number of H-pyrrole nitrogens is 1. The normalized spacial score (nSPS) is 11.5. The number of furan rings is 1. The molecule has 4 aromatic heterocycles. The highest BCUT2D eigenvalue weighted by Crippen LogP contribution is 2.30. The van der Waals surface area contributed by atoms with Crippen LogP contribution in [0, 0.1) is 0 Å². The quantitative estimate of drug-likeness (QED) is 0.311. The van der Waals surface area contributed by atoms with E-state index in [9.17, 15) is 9.59 Å². The Bertz CT molecular complexity index is 1560. The fraction of sp³-hybridized carbons (Fsp3) is 0.292. The summed E-state index contributed by atoms with van der Waals surface area (Å²) in [5.74, 6) is 2.33. The molecule has 0 aliphatic carbocycles. The molecule has 5 rings (SSSR count). The predicted molar refractivity (Wildman–Crippen MR) is 134 cm³/mol. The monoisotopic (exact) mass is 491 g/mol. The number of nitrogens with zero attached hydrogens (tertiary/aromatic N) is 6. The number of rotatable bonds is 9. The summed E-state index contributed by atoms with van der Waals surface area (Å²) < 4.78 is 10.9. The van der Waals surface area contributed by atoms with Crippen molar-refractivity contribution in [3.8, 4) is 17.3 Å². The summed E-state index contributed by atoms with van der Waals surface area (Å²) in [6.45, 7) is 5.06. The van der Waals surface area contributed by atoms with Gasteiger partial charge in [0.1, 0.15) is 5.82 Å². The topological polar surface area (TPSA) is 117 Å². The van der Waals surface area contributed by atoms with E-state index in [1.165, 1.54) is 11.8 Å². The van der Waals surface area contributed by atoms with E-state index in [0.29, 0.717) is 52.6 Å². The van der Waals surface area contributed by atoms with Gasteiger partial charge < -0.3 is 8.98 Å². The number of aromatic nitrogens is 7. The second kappa shape index (κ2) is 9.79. The van der Waals surface area contributed by atoms with Crippen LogP contribution >= 0.6 is 11.8 Å². The molecule has 1 aromatic carbocycles. The summed E-state index contributed by atoms with van der Waals surface area (Å²) in [6, 6.07) is 13.5. The van der Waals surface area contributed by atoms with Gasteiger partial charge >= 0.3 is 5.69 Å². The molecule has 4 heterocycles. The zero-order valence-electron chi connectivity index (χ0n) is 19.5. The Hall–Kier alpha value is -3.86. The van der Waals surface area contributed by atoms with Gasteiger partial charge in [0.25, 0.3) is 5.56 Å². The molecule has 0 aliphatic heterocycles.